The molecule has 148 valence electrons. The second kappa shape index (κ2) is 7.79. The number of hydrogen-bond donors (Lipinski definition) is 2. The van der Waals surface area contributed by atoms with Gasteiger partial charge in [-0.05, 0) is 17.7 Å². The van der Waals surface area contributed by atoms with E-state index in [9.17, 15) is 14.7 Å². The van der Waals surface area contributed by atoms with Crippen LogP contribution < -0.4 is 10.1 Å². The van der Waals surface area contributed by atoms with Crippen molar-refractivity contribution in [1.29, 1.82) is 0 Å². The summed E-state index contributed by atoms with van der Waals surface area (Å²) in [5, 5.41) is 16.2. The van der Waals surface area contributed by atoms with E-state index < -0.39 is 23.9 Å². The average molecular weight is 392 g/mol. The number of aliphatic carboxylic acids is 1. The molecule has 2 aromatic rings. The third-order valence-corrected chi connectivity index (χ3v) is 4.93. The van der Waals surface area contributed by atoms with Crippen molar-refractivity contribution in [3.63, 3.8) is 0 Å². The van der Waals surface area contributed by atoms with E-state index >= 15 is 0 Å². The number of nitrogens with zero attached hydrogens (tertiary/aromatic N) is 1. The predicted octanol–water partition coefficient (Wildman–Crippen LogP) is 2.77. The molecule has 7 heteroatoms. The third kappa shape index (κ3) is 3.99. The van der Waals surface area contributed by atoms with Gasteiger partial charge < -0.3 is 20.0 Å². The molecule has 1 atom stereocenters. The lowest BCUT2D eigenvalue weighted by Gasteiger charge is -2.24. The summed E-state index contributed by atoms with van der Waals surface area (Å²) in [4.78, 5) is 29.8. The molecule has 0 aromatic heterocycles. The quantitative estimate of drug-likeness (QED) is 0.788. The van der Waals surface area contributed by atoms with Crippen molar-refractivity contribution >= 4 is 23.7 Å². The molecular formula is C22H20N2O5. The van der Waals surface area contributed by atoms with Gasteiger partial charge in [-0.1, -0.05) is 53.7 Å². The molecule has 0 bridgehead atoms. The number of oxime groups is 1. The van der Waals surface area contributed by atoms with Crippen LogP contribution in [0.3, 0.4) is 0 Å². The molecule has 0 saturated carbocycles. The van der Waals surface area contributed by atoms with E-state index in [0.717, 1.165) is 22.4 Å². The second-order valence-electron chi connectivity index (χ2n) is 7.04. The summed E-state index contributed by atoms with van der Waals surface area (Å²) in [5.74, 6) is -0.857. The van der Waals surface area contributed by atoms with Crippen molar-refractivity contribution < 1.29 is 24.3 Å². The molecule has 2 aromatic carbocycles. The summed E-state index contributed by atoms with van der Waals surface area (Å²) in [6.07, 6.45) is 1.52. The Morgan fingerprint density at radius 2 is 1.86 bits per heavy atom. The molecule has 2 heterocycles. The maximum absolute atomic E-state index is 12.9. The number of ether oxygens (including phenoxy) is 1. The topological polar surface area (TPSA) is 97.2 Å². The number of benzene rings is 2. The fourth-order valence-electron chi connectivity index (χ4n) is 3.41. The summed E-state index contributed by atoms with van der Waals surface area (Å²) in [6, 6.07) is 17.0. The van der Waals surface area contributed by atoms with Gasteiger partial charge in [0.25, 0.3) is 5.91 Å². The predicted molar refractivity (Wildman–Crippen MR) is 106 cm³/mol. The van der Waals surface area contributed by atoms with Gasteiger partial charge in [-0.3, -0.25) is 9.59 Å². The van der Waals surface area contributed by atoms with E-state index in [4.69, 9.17) is 9.57 Å². The molecule has 0 fully saturated rings. The number of carboxylic acid groups (broad SMARTS) is 1. The van der Waals surface area contributed by atoms with Crippen LogP contribution >= 0.6 is 0 Å². The van der Waals surface area contributed by atoms with Gasteiger partial charge in [0.1, 0.15) is 12.4 Å². The van der Waals surface area contributed by atoms with E-state index in [1.807, 2.05) is 60.7 Å². The van der Waals surface area contributed by atoms with Gasteiger partial charge in [0, 0.05) is 24.1 Å². The first kappa shape index (κ1) is 18.7. The molecular weight excluding hydrogens is 372 g/mol. The Morgan fingerprint density at radius 1 is 1.10 bits per heavy atom. The molecule has 2 aliphatic rings. The van der Waals surface area contributed by atoms with E-state index in [1.54, 1.807) is 0 Å². The highest BCUT2D eigenvalue weighted by atomic mass is 16.7. The van der Waals surface area contributed by atoms with Gasteiger partial charge >= 0.3 is 5.97 Å². The first-order valence-corrected chi connectivity index (χ1v) is 9.28. The second-order valence-corrected chi connectivity index (χ2v) is 7.04. The smallest absolute Gasteiger partial charge is 0.308 e. The average Bonchev–Trinajstić information content (AvgIpc) is 3.17. The van der Waals surface area contributed by atoms with Gasteiger partial charge in [0.05, 0.1) is 12.1 Å². The van der Waals surface area contributed by atoms with Gasteiger partial charge in [-0.2, -0.15) is 0 Å². The third-order valence-electron chi connectivity index (χ3n) is 4.93. The highest BCUT2D eigenvalue weighted by Crippen LogP contribution is 2.34. The molecule has 2 N–H and O–H groups in total. The summed E-state index contributed by atoms with van der Waals surface area (Å²) in [7, 11) is 0. The number of hydrogen-bond acceptors (Lipinski definition) is 5. The number of fused-ring (bicyclic) bond motifs is 1. The largest absolute Gasteiger partial charge is 0.488 e. The lowest BCUT2D eigenvalue weighted by Crippen LogP contribution is -2.48. The highest BCUT2D eigenvalue weighted by Gasteiger charge is 2.49. The highest BCUT2D eigenvalue weighted by molar-refractivity contribution is 6.09. The summed E-state index contributed by atoms with van der Waals surface area (Å²) < 4.78 is 5.74. The van der Waals surface area contributed by atoms with Crippen LogP contribution in [0.4, 0.5) is 0 Å². The Bertz CT molecular complexity index is 999. The van der Waals surface area contributed by atoms with Crippen molar-refractivity contribution in [3.05, 3.63) is 71.3 Å². The van der Waals surface area contributed by atoms with Crippen LogP contribution in [0, 0.1) is 0 Å². The van der Waals surface area contributed by atoms with Crippen molar-refractivity contribution in [2.45, 2.75) is 25.0 Å². The molecule has 0 aliphatic carbocycles. The summed E-state index contributed by atoms with van der Waals surface area (Å²) in [6.45, 7) is 0.562. The first-order valence-electron chi connectivity index (χ1n) is 9.28. The Balaban J connectivity index is 1.51. The van der Waals surface area contributed by atoms with Gasteiger partial charge in [0.15, 0.2) is 0 Å². The number of para-hydroxylation sites is 1. The summed E-state index contributed by atoms with van der Waals surface area (Å²) >= 11 is 0. The molecule has 4 rings (SSSR count). The number of amides is 1. The van der Waals surface area contributed by atoms with Gasteiger partial charge in [-0.25, -0.2) is 0 Å². The monoisotopic (exact) mass is 392 g/mol. The summed E-state index contributed by atoms with van der Waals surface area (Å²) in [5.41, 5.74) is 1.53. The number of carbonyl (C=O) groups excluding carboxylic acids is 1. The van der Waals surface area contributed by atoms with Crippen LogP contribution in [0.15, 0.2) is 65.3 Å². The Kier molecular flexibility index (Phi) is 5.03. The van der Waals surface area contributed by atoms with Gasteiger partial charge in [-0.15, -0.1) is 0 Å². The molecule has 0 spiro atoms. The Labute approximate surface area is 167 Å². The van der Waals surface area contributed by atoms with Crippen molar-refractivity contribution in [3.8, 4) is 5.75 Å². The normalized spacial score (nSPS) is 19.9. The zero-order valence-electron chi connectivity index (χ0n) is 15.6. The van der Waals surface area contributed by atoms with Crippen LogP contribution in [-0.4, -0.2) is 34.9 Å². The zero-order valence-corrected chi connectivity index (χ0v) is 15.6. The maximum atomic E-state index is 12.9. The molecule has 0 saturated heterocycles. The SMILES string of the molecule is O=C(O)C[C@@]1(C(=O)NCc2ccccc2)CC(C2=Cc3ccccc3OC2)=NO1. The fraction of sp³-hybridized carbons (Fsp3) is 0.227. The standard InChI is InChI=1S/C22H20N2O5/c25-20(26)12-22(21(27)23-13-15-6-2-1-3-7-15)11-18(24-29-22)17-10-16-8-4-5-9-19(16)28-14-17/h1-10H,11-14H2,(H,23,27)(H,25,26)/t22-/m1/s1. The molecule has 0 radical (unpaired) electrons. The number of nitrogens with one attached hydrogen (secondary N) is 1. The fourth-order valence-corrected chi connectivity index (χ4v) is 3.41. The molecule has 1 amide bonds. The van der Waals surface area contributed by atoms with Crippen molar-refractivity contribution in [2.75, 3.05) is 6.61 Å². The molecule has 29 heavy (non-hydrogen) atoms. The van der Waals surface area contributed by atoms with E-state index in [2.05, 4.69) is 10.5 Å². The van der Waals surface area contributed by atoms with Crippen LogP contribution in [0.25, 0.3) is 6.08 Å². The Morgan fingerprint density at radius 3 is 2.66 bits per heavy atom. The van der Waals surface area contributed by atoms with E-state index in [0.29, 0.717) is 5.71 Å². The number of carboxylic acids is 1. The van der Waals surface area contributed by atoms with Crippen molar-refractivity contribution in [2.24, 2.45) is 5.16 Å². The van der Waals surface area contributed by atoms with Crippen LogP contribution in [0.1, 0.15) is 24.0 Å². The minimum absolute atomic E-state index is 0.0667. The van der Waals surface area contributed by atoms with Crippen molar-refractivity contribution in [1.82, 2.24) is 5.32 Å². The molecule has 7 nitrogen and oxygen atoms in total. The zero-order chi connectivity index (χ0) is 20.3. The van der Waals surface area contributed by atoms with Gasteiger partial charge in [0.2, 0.25) is 5.60 Å². The van der Waals surface area contributed by atoms with Crippen LogP contribution in [0.2, 0.25) is 0 Å². The van der Waals surface area contributed by atoms with Crippen LogP contribution in [-0.2, 0) is 21.0 Å². The minimum Gasteiger partial charge on any atom is -0.488 e. The molecule has 2 aliphatic heterocycles. The van der Waals surface area contributed by atoms with E-state index in [-0.39, 0.29) is 19.6 Å². The maximum Gasteiger partial charge on any atom is 0.308 e. The molecule has 0 unspecified atom stereocenters. The Hall–Kier alpha value is -3.61. The lowest BCUT2D eigenvalue weighted by atomic mass is 9.89. The number of carbonyl (C=O) groups is 2. The lowest BCUT2D eigenvalue weighted by molar-refractivity contribution is -0.156. The van der Waals surface area contributed by atoms with E-state index in [1.165, 1.54) is 0 Å². The van der Waals surface area contributed by atoms with Crippen LogP contribution in [0.5, 0.6) is 5.75 Å². The number of rotatable bonds is 6. The minimum atomic E-state index is -1.58. The first-order chi connectivity index (χ1) is 14.1.